The Hall–Kier alpha value is -3.92. The molecule has 3 amide bonds. The SMILES string of the molecule is CC(=O)N1CN(C(N)=O)c2ccc(Cn3ccc(OCc4ccc(F)cc4F)c(Cl)c3=O)cc21. The molecular formula is C23H19ClF2N4O4. The largest absolute Gasteiger partial charge is 0.487 e. The van der Waals surface area contributed by atoms with Crippen molar-refractivity contribution < 1.29 is 23.1 Å². The molecule has 11 heteroatoms. The standard InChI is InChI=1S/C23H19ClF2N4O4/c1-13(31)29-12-30(23(27)33)18-5-2-14(8-19(18)29)10-28-7-6-20(21(24)22(28)32)34-11-15-3-4-16(25)9-17(15)26/h2-9H,10-12H2,1H3,(H2,27,33). The van der Waals surface area contributed by atoms with E-state index in [1.807, 2.05) is 0 Å². The number of halogens is 3. The first-order chi connectivity index (χ1) is 16.2. The molecule has 3 aromatic rings. The Balaban J connectivity index is 1.55. The molecule has 0 saturated carbocycles. The van der Waals surface area contributed by atoms with E-state index in [1.165, 1.54) is 39.6 Å². The van der Waals surface area contributed by atoms with Gasteiger partial charge in [-0.25, -0.2) is 13.6 Å². The summed E-state index contributed by atoms with van der Waals surface area (Å²) in [7, 11) is 0. The smallest absolute Gasteiger partial charge is 0.320 e. The van der Waals surface area contributed by atoms with Crippen LogP contribution in [0.4, 0.5) is 25.0 Å². The molecule has 1 aliphatic rings. The summed E-state index contributed by atoms with van der Waals surface area (Å²) in [6.07, 6.45) is 1.47. The average Bonchev–Trinajstić information content (AvgIpc) is 3.17. The Bertz CT molecular complexity index is 1360. The molecule has 0 atom stereocenters. The molecular weight excluding hydrogens is 470 g/mol. The van der Waals surface area contributed by atoms with Gasteiger partial charge in [0.25, 0.3) is 5.56 Å². The van der Waals surface area contributed by atoms with E-state index in [-0.39, 0.29) is 42.1 Å². The van der Waals surface area contributed by atoms with E-state index in [0.29, 0.717) is 16.9 Å². The second kappa shape index (κ2) is 9.14. The van der Waals surface area contributed by atoms with Crippen LogP contribution in [0, 0.1) is 11.6 Å². The minimum atomic E-state index is -0.768. The van der Waals surface area contributed by atoms with Crippen LogP contribution in [-0.2, 0) is 17.9 Å². The van der Waals surface area contributed by atoms with Crippen molar-refractivity contribution >= 4 is 34.9 Å². The molecule has 0 spiro atoms. The minimum Gasteiger partial charge on any atom is -0.487 e. The molecule has 34 heavy (non-hydrogen) atoms. The van der Waals surface area contributed by atoms with Gasteiger partial charge in [0.2, 0.25) is 5.91 Å². The summed E-state index contributed by atoms with van der Waals surface area (Å²) in [5, 5.41) is -0.198. The van der Waals surface area contributed by atoms with Gasteiger partial charge in [-0.1, -0.05) is 17.7 Å². The number of anilines is 2. The average molecular weight is 489 g/mol. The van der Waals surface area contributed by atoms with Gasteiger partial charge in [-0.15, -0.1) is 0 Å². The number of carbonyl (C=O) groups is 2. The number of fused-ring (bicyclic) bond motifs is 1. The molecule has 4 rings (SSSR count). The second-order valence-corrected chi connectivity index (χ2v) is 8.01. The number of hydrogen-bond acceptors (Lipinski definition) is 4. The molecule has 0 radical (unpaired) electrons. The minimum absolute atomic E-state index is 0.00984. The first-order valence-corrected chi connectivity index (χ1v) is 10.5. The third kappa shape index (κ3) is 4.44. The van der Waals surface area contributed by atoms with Crippen molar-refractivity contribution in [2.75, 3.05) is 16.5 Å². The van der Waals surface area contributed by atoms with Gasteiger partial charge < -0.3 is 15.0 Å². The van der Waals surface area contributed by atoms with Crippen molar-refractivity contribution in [1.29, 1.82) is 0 Å². The van der Waals surface area contributed by atoms with E-state index in [1.54, 1.807) is 18.2 Å². The highest BCUT2D eigenvalue weighted by molar-refractivity contribution is 6.31. The van der Waals surface area contributed by atoms with Gasteiger partial charge in [0.15, 0.2) is 0 Å². The van der Waals surface area contributed by atoms with Crippen LogP contribution in [0.3, 0.4) is 0 Å². The number of aromatic nitrogens is 1. The summed E-state index contributed by atoms with van der Waals surface area (Å²) < 4.78 is 33.7. The monoisotopic (exact) mass is 488 g/mol. The zero-order valence-electron chi connectivity index (χ0n) is 17.9. The molecule has 0 bridgehead atoms. The normalized spacial score (nSPS) is 12.6. The molecule has 2 aromatic carbocycles. The van der Waals surface area contributed by atoms with Gasteiger partial charge in [0, 0.05) is 24.8 Å². The van der Waals surface area contributed by atoms with Crippen LogP contribution in [0.5, 0.6) is 5.75 Å². The molecule has 0 fully saturated rings. The highest BCUT2D eigenvalue weighted by Gasteiger charge is 2.31. The fourth-order valence-electron chi connectivity index (χ4n) is 3.62. The van der Waals surface area contributed by atoms with E-state index in [0.717, 1.165) is 12.1 Å². The number of amides is 3. The van der Waals surface area contributed by atoms with Crippen molar-refractivity contribution in [2.24, 2.45) is 5.73 Å². The number of pyridine rings is 1. The lowest BCUT2D eigenvalue weighted by Gasteiger charge is -2.15. The fourth-order valence-corrected chi connectivity index (χ4v) is 3.85. The Morgan fingerprint density at radius 3 is 2.53 bits per heavy atom. The predicted octanol–water partition coefficient (Wildman–Crippen LogP) is 3.62. The quantitative estimate of drug-likeness (QED) is 0.593. The lowest BCUT2D eigenvalue weighted by molar-refractivity contribution is -0.116. The van der Waals surface area contributed by atoms with Gasteiger partial charge in [-0.3, -0.25) is 19.4 Å². The third-order valence-corrected chi connectivity index (χ3v) is 5.72. The van der Waals surface area contributed by atoms with Gasteiger partial charge >= 0.3 is 6.03 Å². The Morgan fingerprint density at radius 2 is 1.85 bits per heavy atom. The van der Waals surface area contributed by atoms with Gasteiger partial charge in [0.1, 0.15) is 35.7 Å². The van der Waals surface area contributed by atoms with Crippen LogP contribution >= 0.6 is 11.6 Å². The fraction of sp³-hybridized carbons (Fsp3) is 0.174. The van der Waals surface area contributed by atoms with Crippen LogP contribution in [0.1, 0.15) is 18.1 Å². The number of nitrogens with zero attached hydrogens (tertiary/aromatic N) is 3. The van der Waals surface area contributed by atoms with Crippen LogP contribution in [-0.4, -0.2) is 23.2 Å². The molecule has 0 aliphatic carbocycles. The molecule has 0 unspecified atom stereocenters. The maximum atomic E-state index is 13.8. The number of benzene rings is 2. The summed E-state index contributed by atoms with van der Waals surface area (Å²) in [5.74, 6) is -1.68. The number of primary amides is 1. The molecule has 8 nitrogen and oxygen atoms in total. The molecule has 2 N–H and O–H groups in total. The van der Waals surface area contributed by atoms with Crippen LogP contribution in [0.2, 0.25) is 5.02 Å². The Morgan fingerprint density at radius 1 is 1.09 bits per heavy atom. The van der Waals surface area contributed by atoms with Crippen molar-refractivity contribution in [3.63, 3.8) is 0 Å². The van der Waals surface area contributed by atoms with E-state index in [4.69, 9.17) is 22.1 Å². The third-order valence-electron chi connectivity index (χ3n) is 5.37. The topological polar surface area (TPSA) is 97.9 Å². The summed E-state index contributed by atoms with van der Waals surface area (Å²) in [5.41, 5.74) is 6.65. The van der Waals surface area contributed by atoms with Crippen LogP contribution in [0.15, 0.2) is 53.5 Å². The van der Waals surface area contributed by atoms with E-state index in [9.17, 15) is 23.2 Å². The van der Waals surface area contributed by atoms with Gasteiger partial charge in [-0.05, 0) is 35.9 Å². The number of nitrogens with two attached hydrogens (primary N) is 1. The molecule has 176 valence electrons. The number of rotatable bonds is 5. The van der Waals surface area contributed by atoms with Crippen molar-refractivity contribution in [3.05, 3.63) is 86.8 Å². The van der Waals surface area contributed by atoms with E-state index in [2.05, 4.69) is 0 Å². The van der Waals surface area contributed by atoms with Gasteiger partial charge in [0.05, 0.1) is 17.9 Å². The Kier molecular flexibility index (Phi) is 6.25. The number of ether oxygens (including phenoxy) is 1. The highest BCUT2D eigenvalue weighted by Crippen LogP contribution is 2.37. The maximum absolute atomic E-state index is 13.8. The zero-order valence-corrected chi connectivity index (χ0v) is 18.7. The molecule has 2 heterocycles. The molecule has 0 saturated heterocycles. The highest BCUT2D eigenvalue weighted by atomic mass is 35.5. The Labute approximate surface area is 197 Å². The van der Waals surface area contributed by atoms with E-state index >= 15 is 0 Å². The maximum Gasteiger partial charge on any atom is 0.320 e. The number of hydrogen-bond donors (Lipinski definition) is 1. The lowest BCUT2D eigenvalue weighted by atomic mass is 10.1. The first-order valence-electron chi connectivity index (χ1n) is 10.1. The summed E-state index contributed by atoms with van der Waals surface area (Å²) in [6.45, 7) is 1.27. The summed E-state index contributed by atoms with van der Waals surface area (Å²) >= 11 is 6.19. The zero-order chi connectivity index (χ0) is 24.6. The van der Waals surface area contributed by atoms with Crippen LogP contribution in [0.25, 0.3) is 0 Å². The second-order valence-electron chi connectivity index (χ2n) is 7.63. The van der Waals surface area contributed by atoms with Crippen LogP contribution < -0.4 is 25.8 Å². The van der Waals surface area contributed by atoms with Crippen molar-refractivity contribution in [2.45, 2.75) is 20.1 Å². The van der Waals surface area contributed by atoms with Crippen molar-refractivity contribution in [3.8, 4) is 5.75 Å². The number of urea groups is 1. The number of carbonyl (C=O) groups excluding carboxylic acids is 2. The predicted molar refractivity (Wildman–Crippen MR) is 122 cm³/mol. The first kappa shape index (κ1) is 23.2. The van der Waals surface area contributed by atoms with E-state index < -0.39 is 23.2 Å². The molecule has 1 aliphatic heterocycles. The summed E-state index contributed by atoms with van der Waals surface area (Å²) in [4.78, 5) is 39.1. The van der Waals surface area contributed by atoms with Crippen molar-refractivity contribution in [1.82, 2.24) is 4.57 Å². The lowest BCUT2D eigenvalue weighted by Crippen LogP contribution is -2.40. The van der Waals surface area contributed by atoms with Gasteiger partial charge in [-0.2, -0.15) is 0 Å². The molecule has 1 aromatic heterocycles. The summed E-state index contributed by atoms with van der Waals surface area (Å²) in [6, 6.07) is 8.93.